The van der Waals surface area contributed by atoms with Gasteiger partial charge in [-0.25, -0.2) is 4.99 Å². The van der Waals surface area contributed by atoms with Crippen LogP contribution < -0.4 is 5.32 Å². The van der Waals surface area contributed by atoms with Crippen molar-refractivity contribution in [3.63, 3.8) is 0 Å². The lowest BCUT2D eigenvalue weighted by Gasteiger charge is -2.02. The van der Waals surface area contributed by atoms with Crippen molar-refractivity contribution < 1.29 is 0 Å². The number of thioether (sulfide) groups is 1. The van der Waals surface area contributed by atoms with Crippen LogP contribution in [-0.2, 0) is 0 Å². The van der Waals surface area contributed by atoms with Crippen LogP contribution in [0.5, 0.6) is 0 Å². The molecule has 0 aliphatic heterocycles. The Morgan fingerprint density at radius 2 is 2.28 bits per heavy atom. The van der Waals surface area contributed by atoms with Gasteiger partial charge in [0.2, 0.25) is 0 Å². The molecule has 0 saturated carbocycles. The number of hydrogen-bond donors (Lipinski definition) is 1. The lowest BCUT2D eigenvalue weighted by molar-refractivity contribution is 1.28. The molecule has 0 aliphatic carbocycles. The highest BCUT2D eigenvalue weighted by Gasteiger charge is 2.01. The zero-order chi connectivity index (χ0) is 12.8. The van der Waals surface area contributed by atoms with Crippen LogP contribution in [0, 0.1) is 11.5 Å². The Bertz CT molecular complexity index is 583. The van der Waals surface area contributed by atoms with Crippen LogP contribution >= 0.6 is 23.1 Å². The van der Waals surface area contributed by atoms with Gasteiger partial charge in [0.15, 0.2) is 11.4 Å². The van der Waals surface area contributed by atoms with Crippen molar-refractivity contribution in [3.8, 4) is 16.6 Å². The fourth-order valence-electron chi connectivity index (χ4n) is 1.46. The maximum absolute atomic E-state index is 8.60. The summed E-state index contributed by atoms with van der Waals surface area (Å²) >= 11 is 3.11. The van der Waals surface area contributed by atoms with Gasteiger partial charge in [-0.1, -0.05) is 30.0 Å². The van der Waals surface area contributed by atoms with Gasteiger partial charge in [0.25, 0.3) is 0 Å². The quantitative estimate of drug-likeness (QED) is 0.391. The first-order chi connectivity index (χ1) is 8.83. The molecule has 0 bridgehead atoms. The van der Waals surface area contributed by atoms with E-state index in [2.05, 4.69) is 27.8 Å². The van der Waals surface area contributed by atoms with Crippen molar-refractivity contribution >= 4 is 34.0 Å². The fraction of sp³-hybridized carbons (Fsp3) is 0.0769. The fourth-order valence-corrected chi connectivity index (χ4v) is 2.53. The monoisotopic (exact) mass is 273 g/mol. The Labute approximate surface area is 114 Å². The Balaban J connectivity index is 2.31. The molecule has 18 heavy (non-hydrogen) atoms. The van der Waals surface area contributed by atoms with E-state index < -0.39 is 0 Å². The molecule has 1 heterocycles. The average Bonchev–Trinajstić information content (AvgIpc) is 2.92. The molecule has 0 spiro atoms. The standard InChI is InChI=1S/C13H11N3S2/c1-17-13(15-9-14)16-11-5-2-4-10(8-11)12-6-3-7-18-12/h2-8H,1H3,(H,15,16). The zero-order valence-electron chi connectivity index (χ0n) is 9.75. The number of nitrogens with zero attached hydrogens (tertiary/aromatic N) is 2. The minimum atomic E-state index is 0.598. The summed E-state index contributed by atoms with van der Waals surface area (Å²) in [4.78, 5) is 5.60. The molecule has 5 heteroatoms. The second kappa shape index (κ2) is 6.24. The van der Waals surface area contributed by atoms with E-state index in [0.29, 0.717) is 5.17 Å². The molecular weight excluding hydrogens is 262 g/mol. The Morgan fingerprint density at radius 3 is 2.94 bits per heavy atom. The highest BCUT2D eigenvalue weighted by atomic mass is 32.2. The van der Waals surface area contributed by atoms with E-state index in [1.165, 1.54) is 16.6 Å². The molecule has 0 radical (unpaired) electrons. The molecule has 3 nitrogen and oxygen atoms in total. The van der Waals surface area contributed by atoms with Crippen LogP contribution in [0.1, 0.15) is 0 Å². The van der Waals surface area contributed by atoms with Crippen molar-refractivity contribution in [3.05, 3.63) is 41.8 Å². The van der Waals surface area contributed by atoms with Gasteiger partial charge < -0.3 is 0 Å². The van der Waals surface area contributed by atoms with Crippen LogP contribution in [0.25, 0.3) is 10.4 Å². The molecule has 1 N–H and O–H groups in total. The number of nitriles is 1. The molecule has 0 fully saturated rings. The molecule has 2 aromatic rings. The van der Waals surface area contributed by atoms with Crippen molar-refractivity contribution in [1.82, 2.24) is 5.32 Å². The zero-order valence-corrected chi connectivity index (χ0v) is 11.4. The molecule has 1 aromatic heterocycles. The molecule has 0 atom stereocenters. The predicted molar refractivity (Wildman–Crippen MR) is 79.1 cm³/mol. The number of hydrogen-bond acceptors (Lipinski definition) is 4. The molecule has 0 amide bonds. The number of thiophene rings is 1. The first-order valence-corrected chi connectivity index (χ1v) is 7.35. The van der Waals surface area contributed by atoms with Crippen LogP contribution in [0.15, 0.2) is 46.8 Å². The smallest absolute Gasteiger partial charge is 0.183 e. The minimum Gasteiger partial charge on any atom is -0.271 e. The SMILES string of the molecule is CSC(=Nc1cccc(-c2cccs2)c1)NC#N. The molecular formula is C13H11N3S2. The van der Waals surface area contributed by atoms with Gasteiger partial charge in [0.1, 0.15) is 0 Å². The number of nitrogens with one attached hydrogen (secondary N) is 1. The Morgan fingerprint density at radius 1 is 1.39 bits per heavy atom. The van der Waals surface area contributed by atoms with E-state index in [1.807, 2.05) is 36.7 Å². The molecule has 0 unspecified atom stereocenters. The first-order valence-electron chi connectivity index (χ1n) is 5.25. The van der Waals surface area contributed by atoms with Gasteiger partial charge in [-0.05, 0) is 35.4 Å². The van der Waals surface area contributed by atoms with Crippen molar-refractivity contribution in [2.24, 2.45) is 4.99 Å². The summed E-state index contributed by atoms with van der Waals surface area (Å²) in [6, 6.07) is 12.1. The summed E-state index contributed by atoms with van der Waals surface area (Å²) in [5, 5.41) is 13.8. The summed E-state index contributed by atoms with van der Waals surface area (Å²) in [5.74, 6) is 0. The Kier molecular flexibility index (Phi) is 4.40. The second-order valence-electron chi connectivity index (χ2n) is 3.39. The van der Waals surface area contributed by atoms with E-state index >= 15 is 0 Å². The second-order valence-corrected chi connectivity index (χ2v) is 5.13. The highest BCUT2D eigenvalue weighted by molar-refractivity contribution is 8.13. The highest BCUT2D eigenvalue weighted by Crippen LogP contribution is 2.28. The normalized spacial score (nSPS) is 11.0. The number of amidine groups is 1. The summed E-state index contributed by atoms with van der Waals surface area (Å²) < 4.78 is 0. The topological polar surface area (TPSA) is 48.2 Å². The lowest BCUT2D eigenvalue weighted by Crippen LogP contribution is -2.12. The minimum absolute atomic E-state index is 0.598. The maximum Gasteiger partial charge on any atom is 0.183 e. The van der Waals surface area contributed by atoms with Crippen LogP contribution in [0.4, 0.5) is 5.69 Å². The Hall–Kier alpha value is -1.77. The van der Waals surface area contributed by atoms with Crippen molar-refractivity contribution in [2.45, 2.75) is 0 Å². The van der Waals surface area contributed by atoms with E-state index in [4.69, 9.17) is 5.26 Å². The predicted octanol–water partition coefficient (Wildman–Crippen LogP) is 3.84. The van der Waals surface area contributed by atoms with Crippen molar-refractivity contribution in [1.29, 1.82) is 5.26 Å². The largest absolute Gasteiger partial charge is 0.271 e. The van der Waals surface area contributed by atoms with Crippen LogP contribution in [-0.4, -0.2) is 11.4 Å². The van der Waals surface area contributed by atoms with Gasteiger partial charge in [-0.3, -0.25) is 5.32 Å². The molecule has 2 rings (SSSR count). The average molecular weight is 273 g/mol. The van der Waals surface area contributed by atoms with E-state index in [9.17, 15) is 0 Å². The van der Waals surface area contributed by atoms with Gasteiger partial charge in [0.05, 0.1) is 5.69 Å². The number of rotatable bonds is 2. The third-order valence-electron chi connectivity index (χ3n) is 2.24. The lowest BCUT2D eigenvalue weighted by atomic mass is 10.2. The van der Waals surface area contributed by atoms with Gasteiger partial charge in [0, 0.05) is 4.88 Å². The number of aliphatic imine (C=N–C) groups is 1. The van der Waals surface area contributed by atoms with Gasteiger partial charge >= 0.3 is 0 Å². The first kappa shape index (κ1) is 12.7. The van der Waals surface area contributed by atoms with Crippen molar-refractivity contribution in [2.75, 3.05) is 6.26 Å². The molecule has 0 aliphatic rings. The van der Waals surface area contributed by atoms with E-state index in [1.54, 1.807) is 11.3 Å². The third-order valence-corrected chi connectivity index (χ3v) is 3.74. The maximum atomic E-state index is 8.60. The summed E-state index contributed by atoms with van der Waals surface area (Å²) in [6.07, 6.45) is 3.76. The number of benzene rings is 1. The molecule has 90 valence electrons. The summed E-state index contributed by atoms with van der Waals surface area (Å²) in [5.41, 5.74) is 1.98. The van der Waals surface area contributed by atoms with E-state index in [-0.39, 0.29) is 0 Å². The van der Waals surface area contributed by atoms with Gasteiger partial charge in [-0.15, -0.1) is 11.3 Å². The van der Waals surface area contributed by atoms with Crippen LogP contribution in [0.3, 0.4) is 0 Å². The summed E-state index contributed by atoms with van der Waals surface area (Å²) in [6.45, 7) is 0. The van der Waals surface area contributed by atoms with E-state index in [0.717, 1.165) is 11.3 Å². The molecule has 0 saturated heterocycles. The molecule has 1 aromatic carbocycles. The van der Waals surface area contributed by atoms with Crippen LogP contribution in [0.2, 0.25) is 0 Å². The third kappa shape index (κ3) is 3.13. The van der Waals surface area contributed by atoms with Gasteiger partial charge in [-0.2, -0.15) is 5.26 Å². The summed E-state index contributed by atoms with van der Waals surface area (Å²) in [7, 11) is 0.